The van der Waals surface area contributed by atoms with Gasteiger partial charge in [0.15, 0.2) is 0 Å². The van der Waals surface area contributed by atoms with Gasteiger partial charge < -0.3 is 0 Å². The summed E-state index contributed by atoms with van der Waals surface area (Å²) in [7, 11) is 0. The van der Waals surface area contributed by atoms with Crippen LogP contribution in [0.25, 0.3) is 0 Å². The van der Waals surface area contributed by atoms with Crippen LogP contribution in [0, 0.1) is 0 Å². The van der Waals surface area contributed by atoms with Crippen molar-refractivity contribution in [3.63, 3.8) is 0 Å². The van der Waals surface area contributed by atoms with E-state index in [1.807, 2.05) is 0 Å². The first-order valence-corrected chi connectivity index (χ1v) is 3.38. The molecule has 0 aromatic heterocycles. The van der Waals surface area contributed by atoms with Gasteiger partial charge >= 0.3 is 12.1 Å². The molecule has 0 aromatic rings. The predicted octanol–water partition coefficient (Wildman–Crippen LogP) is 1.17. The number of nitrogens with zero attached hydrogens (tertiary/aromatic N) is 1. The van der Waals surface area contributed by atoms with Crippen LogP contribution in [0.2, 0.25) is 0 Å². The number of hydrogen-bond acceptors (Lipinski definition) is 2. The van der Waals surface area contributed by atoms with Gasteiger partial charge in [-0.15, -0.1) is 0 Å². The van der Waals surface area contributed by atoms with Crippen LogP contribution in [0.3, 0.4) is 0 Å². The standard InChI is InChI=1S/C6H8F3NO/c7-5(11)6(8,9)10-3-1-2-4-10/h1-4H2. The number of carbonyl (C=O) groups excluding carboxylic acids is 1. The molecule has 0 amide bonds. The van der Waals surface area contributed by atoms with Crippen molar-refractivity contribution in [1.82, 2.24) is 4.90 Å². The third kappa shape index (κ3) is 1.53. The Balaban J connectivity index is 2.62. The smallest absolute Gasteiger partial charge is 0.252 e. The number of carbonyl (C=O) groups is 1. The zero-order chi connectivity index (χ0) is 8.48. The van der Waals surface area contributed by atoms with Gasteiger partial charge in [-0.1, -0.05) is 0 Å². The van der Waals surface area contributed by atoms with Gasteiger partial charge in [-0.05, 0) is 12.8 Å². The molecular formula is C6H8F3NO. The third-order valence-corrected chi connectivity index (χ3v) is 1.74. The van der Waals surface area contributed by atoms with Crippen molar-refractivity contribution in [3.05, 3.63) is 0 Å². The van der Waals surface area contributed by atoms with E-state index in [1.165, 1.54) is 0 Å². The Hall–Kier alpha value is -0.580. The van der Waals surface area contributed by atoms with Crippen LogP contribution in [0.4, 0.5) is 13.2 Å². The minimum absolute atomic E-state index is 0.0999. The summed E-state index contributed by atoms with van der Waals surface area (Å²) in [5, 5.41) is 0. The van der Waals surface area contributed by atoms with Gasteiger partial charge in [0.25, 0.3) is 0 Å². The molecule has 1 heterocycles. The SMILES string of the molecule is O=C(F)C(F)(F)N1CCCC1. The molecular weight excluding hydrogens is 159 g/mol. The second-order valence-electron chi connectivity index (χ2n) is 2.51. The summed E-state index contributed by atoms with van der Waals surface area (Å²) in [5.74, 6) is 0. The van der Waals surface area contributed by atoms with Gasteiger partial charge in [-0.2, -0.15) is 13.2 Å². The van der Waals surface area contributed by atoms with Crippen molar-refractivity contribution in [3.8, 4) is 0 Å². The third-order valence-electron chi connectivity index (χ3n) is 1.74. The molecule has 0 radical (unpaired) electrons. The highest BCUT2D eigenvalue weighted by molar-refractivity contribution is 5.75. The molecule has 0 N–H and O–H groups in total. The molecule has 1 rings (SSSR count). The minimum atomic E-state index is -3.89. The maximum absolute atomic E-state index is 12.5. The van der Waals surface area contributed by atoms with E-state index in [0.29, 0.717) is 17.7 Å². The van der Waals surface area contributed by atoms with Crippen LogP contribution < -0.4 is 0 Å². The van der Waals surface area contributed by atoms with Crippen molar-refractivity contribution < 1.29 is 18.0 Å². The van der Waals surface area contributed by atoms with E-state index in [0.717, 1.165) is 0 Å². The summed E-state index contributed by atoms with van der Waals surface area (Å²) in [4.78, 5) is 10.4. The van der Waals surface area contributed by atoms with E-state index in [1.54, 1.807) is 0 Å². The van der Waals surface area contributed by atoms with Crippen molar-refractivity contribution >= 4 is 6.04 Å². The first kappa shape index (κ1) is 8.52. The van der Waals surface area contributed by atoms with Crippen LogP contribution in [-0.2, 0) is 4.79 Å². The molecule has 2 nitrogen and oxygen atoms in total. The molecule has 11 heavy (non-hydrogen) atoms. The number of likely N-dealkylation sites (tertiary alicyclic amines) is 1. The Kier molecular flexibility index (Phi) is 2.17. The summed E-state index contributed by atoms with van der Waals surface area (Å²) in [6.07, 6.45) is 1.20. The van der Waals surface area contributed by atoms with Gasteiger partial charge in [-0.3, -0.25) is 4.79 Å². The molecule has 1 aliphatic rings. The average molecular weight is 167 g/mol. The van der Waals surface area contributed by atoms with Crippen LogP contribution in [0.5, 0.6) is 0 Å². The molecule has 0 spiro atoms. The molecule has 64 valence electrons. The lowest BCUT2D eigenvalue weighted by atomic mass is 10.4. The molecule has 1 saturated heterocycles. The fourth-order valence-corrected chi connectivity index (χ4v) is 1.12. The Labute approximate surface area is 62.0 Å². The summed E-state index contributed by atoms with van der Waals surface area (Å²) >= 11 is 0. The topological polar surface area (TPSA) is 20.3 Å². The van der Waals surface area contributed by atoms with Gasteiger partial charge in [0.1, 0.15) is 0 Å². The monoisotopic (exact) mass is 167 g/mol. The van der Waals surface area contributed by atoms with Gasteiger partial charge in [0.2, 0.25) is 0 Å². The first-order valence-electron chi connectivity index (χ1n) is 3.38. The van der Waals surface area contributed by atoms with E-state index in [-0.39, 0.29) is 13.1 Å². The maximum Gasteiger partial charge on any atom is 0.395 e. The number of rotatable bonds is 2. The summed E-state index contributed by atoms with van der Waals surface area (Å²) in [5.41, 5.74) is 0. The Morgan fingerprint density at radius 3 is 2.09 bits per heavy atom. The summed E-state index contributed by atoms with van der Waals surface area (Å²) < 4.78 is 36.6. The Morgan fingerprint density at radius 2 is 1.73 bits per heavy atom. The minimum Gasteiger partial charge on any atom is -0.252 e. The van der Waals surface area contributed by atoms with Crippen molar-refractivity contribution in [2.75, 3.05) is 13.1 Å². The summed E-state index contributed by atoms with van der Waals surface area (Å²) in [6.45, 7) is 0.200. The molecule has 0 atom stereocenters. The van der Waals surface area contributed by atoms with E-state index in [2.05, 4.69) is 0 Å². The molecule has 0 aliphatic carbocycles. The lowest BCUT2D eigenvalue weighted by Crippen LogP contribution is -2.44. The lowest BCUT2D eigenvalue weighted by molar-refractivity contribution is -0.184. The van der Waals surface area contributed by atoms with Crippen LogP contribution in [-0.4, -0.2) is 30.1 Å². The van der Waals surface area contributed by atoms with Crippen molar-refractivity contribution in [2.24, 2.45) is 0 Å². The van der Waals surface area contributed by atoms with Crippen LogP contribution in [0.1, 0.15) is 12.8 Å². The quantitative estimate of drug-likeness (QED) is 0.454. The molecule has 0 bridgehead atoms. The molecule has 1 aliphatic heterocycles. The van der Waals surface area contributed by atoms with E-state index < -0.39 is 12.1 Å². The maximum atomic E-state index is 12.5. The van der Waals surface area contributed by atoms with Gasteiger partial charge in [0, 0.05) is 13.1 Å². The molecule has 0 unspecified atom stereocenters. The van der Waals surface area contributed by atoms with Crippen LogP contribution in [0.15, 0.2) is 0 Å². The zero-order valence-electron chi connectivity index (χ0n) is 5.82. The van der Waals surface area contributed by atoms with E-state index in [4.69, 9.17) is 0 Å². The Bertz CT molecular complexity index is 165. The number of alkyl halides is 2. The van der Waals surface area contributed by atoms with Gasteiger partial charge in [0.05, 0.1) is 0 Å². The van der Waals surface area contributed by atoms with Gasteiger partial charge in [-0.25, -0.2) is 4.90 Å². The highest BCUT2D eigenvalue weighted by Crippen LogP contribution is 2.25. The fraction of sp³-hybridized carbons (Fsp3) is 0.833. The second kappa shape index (κ2) is 2.81. The van der Waals surface area contributed by atoms with Crippen molar-refractivity contribution in [2.45, 2.75) is 18.9 Å². The first-order chi connectivity index (χ1) is 5.05. The lowest BCUT2D eigenvalue weighted by Gasteiger charge is -2.21. The van der Waals surface area contributed by atoms with Crippen molar-refractivity contribution in [1.29, 1.82) is 0 Å². The normalized spacial score (nSPS) is 20.6. The second-order valence-corrected chi connectivity index (χ2v) is 2.51. The van der Waals surface area contributed by atoms with E-state index in [9.17, 15) is 18.0 Å². The summed E-state index contributed by atoms with van der Waals surface area (Å²) in [6, 6.07) is -6.45. The number of hydrogen-bond donors (Lipinski definition) is 0. The average Bonchev–Trinajstić information content (AvgIpc) is 2.37. The Morgan fingerprint density at radius 1 is 1.27 bits per heavy atom. The molecule has 0 saturated carbocycles. The highest BCUT2D eigenvalue weighted by atomic mass is 19.3. The van der Waals surface area contributed by atoms with Crippen LogP contribution >= 0.6 is 0 Å². The predicted molar refractivity (Wildman–Crippen MR) is 31.9 cm³/mol. The molecule has 0 aromatic carbocycles. The zero-order valence-corrected chi connectivity index (χ0v) is 5.82. The fourth-order valence-electron chi connectivity index (χ4n) is 1.12. The largest absolute Gasteiger partial charge is 0.395 e. The molecule has 5 heteroatoms. The number of halogens is 3. The van der Waals surface area contributed by atoms with E-state index >= 15 is 0 Å². The molecule has 1 fully saturated rings. The highest BCUT2D eigenvalue weighted by Gasteiger charge is 2.46.